The van der Waals surface area contributed by atoms with Crippen molar-refractivity contribution in [2.24, 2.45) is 0 Å². The molecule has 1 fully saturated rings. The summed E-state index contributed by atoms with van der Waals surface area (Å²) in [7, 11) is 3.00. The smallest absolute Gasteiger partial charge is 0.337 e. The Morgan fingerprint density at radius 2 is 1.60 bits per heavy atom. The predicted molar refractivity (Wildman–Crippen MR) is 152 cm³/mol. The maximum absolute atomic E-state index is 12.9. The van der Waals surface area contributed by atoms with Crippen LogP contribution in [0.1, 0.15) is 44.9 Å². The van der Waals surface area contributed by atoms with Gasteiger partial charge in [-0.05, 0) is 54.4 Å². The normalized spacial score (nSPS) is 14.3. The summed E-state index contributed by atoms with van der Waals surface area (Å²) >= 11 is 0. The van der Waals surface area contributed by atoms with E-state index in [0.717, 1.165) is 16.9 Å². The average molecular weight is 546 g/mol. The quantitative estimate of drug-likeness (QED) is 0.289. The molecular weight excluding hydrogens is 510 g/mol. The van der Waals surface area contributed by atoms with Crippen LogP contribution < -0.4 is 10.1 Å². The van der Waals surface area contributed by atoms with E-state index in [2.05, 4.69) is 10.2 Å². The lowest BCUT2D eigenvalue weighted by Crippen LogP contribution is -2.50. The summed E-state index contributed by atoms with van der Waals surface area (Å²) in [6, 6.07) is 21.8. The molecule has 1 aliphatic heterocycles. The summed E-state index contributed by atoms with van der Waals surface area (Å²) < 4.78 is 16.6. The third-order valence-corrected chi connectivity index (χ3v) is 6.90. The molecule has 1 aliphatic rings. The highest BCUT2D eigenvalue weighted by Crippen LogP contribution is 2.25. The molecule has 1 heterocycles. The topological polar surface area (TPSA) is 97.4 Å². The Morgan fingerprint density at radius 1 is 0.875 bits per heavy atom. The van der Waals surface area contributed by atoms with Crippen molar-refractivity contribution >= 4 is 23.5 Å². The van der Waals surface area contributed by atoms with Crippen LogP contribution in [0.4, 0.5) is 10.5 Å². The van der Waals surface area contributed by atoms with Gasteiger partial charge in [0.05, 0.1) is 32.5 Å². The largest absolute Gasteiger partial charge is 0.497 e. The van der Waals surface area contributed by atoms with Crippen LogP contribution >= 0.6 is 0 Å². The third-order valence-electron chi connectivity index (χ3n) is 6.90. The molecule has 3 aromatic rings. The number of nitrogens with one attached hydrogen (secondary N) is 1. The number of urea groups is 1. The molecule has 1 N–H and O–H groups in total. The minimum Gasteiger partial charge on any atom is -0.497 e. The monoisotopic (exact) mass is 545 g/mol. The minimum absolute atomic E-state index is 0.0456. The molecule has 0 bridgehead atoms. The fraction of sp³-hybridized carbons (Fsp3) is 0.323. The van der Waals surface area contributed by atoms with Gasteiger partial charge in [-0.1, -0.05) is 36.4 Å². The lowest BCUT2D eigenvalue weighted by Gasteiger charge is -2.36. The average Bonchev–Trinajstić information content (AvgIpc) is 2.99. The SMILES string of the molecule is COC(=O)c1ccc(COC(CN2CCN(C(=O)Nc3cccc(C(C)=O)c3)CC2)c2cccc(OC)c2)cc1. The Labute approximate surface area is 234 Å². The molecule has 0 spiro atoms. The molecule has 0 aromatic heterocycles. The van der Waals surface area contributed by atoms with Gasteiger partial charge >= 0.3 is 12.0 Å². The Hall–Kier alpha value is -4.21. The van der Waals surface area contributed by atoms with Gasteiger partial charge in [0.2, 0.25) is 0 Å². The van der Waals surface area contributed by atoms with E-state index >= 15 is 0 Å². The van der Waals surface area contributed by atoms with Crippen molar-refractivity contribution in [3.05, 3.63) is 95.1 Å². The standard InChI is InChI=1S/C31H35N3O6/c1-22(35)25-6-4-8-27(18-25)32-31(37)34-16-14-33(15-17-34)20-29(26-7-5-9-28(19-26)38-2)40-21-23-10-12-24(13-11-23)30(36)39-3/h4-13,18-19,29H,14-17,20-21H2,1-3H3,(H,32,37). The van der Waals surface area contributed by atoms with E-state index in [0.29, 0.717) is 56.1 Å². The number of piperazine rings is 1. The molecule has 9 heteroatoms. The van der Waals surface area contributed by atoms with Crippen molar-refractivity contribution < 1.29 is 28.6 Å². The summed E-state index contributed by atoms with van der Waals surface area (Å²) in [5, 5.41) is 2.90. The van der Waals surface area contributed by atoms with E-state index in [-0.39, 0.29) is 23.9 Å². The first-order chi connectivity index (χ1) is 19.4. The number of methoxy groups -OCH3 is 2. The van der Waals surface area contributed by atoms with Crippen molar-refractivity contribution in [1.82, 2.24) is 9.80 Å². The molecule has 0 saturated carbocycles. The van der Waals surface area contributed by atoms with Crippen molar-refractivity contribution in [1.29, 1.82) is 0 Å². The van der Waals surface area contributed by atoms with Crippen molar-refractivity contribution in [2.45, 2.75) is 19.6 Å². The van der Waals surface area contributed by atoms with E-state index in [1.807, 2.05) is 36.4 Å². The van der Waals surface area contributed by atoms with Gasteiger partial charge in [-0.15, -0.1) is 0 Å². The Morgan fingerprint density at radius 3 is 2.27 bits per heavy atom. The summed E-state index contributed by atoms with van der Waals surface area (Å²) in [5.41, 5.74) is 3.59. The number of carbonyl (C=O) groups excluding carboxylic acids is 3. The van der Waals surface area contributed by atoms with E-state index in [1.54, 1.807) is 48.4 Å². The lowest BCUT2D eigenvalue weighted by atomic mass is 10.1. The Balaban J connectivity index is 1.37. The van der Waals surface area contributed by atoms with Crippen LogP contribution in [0, 0.1) is 0 Å². The summed E-state index contributed by atoms with van der Waals surface area (Å²) in [5.74, 6) is 0.332. The zero-order valence-electron chi connectivity index (χ0n) is 23.1. The fourth-order valence-electron chi connectivity index (χ4n) is 4.53. The zero-order chi connectivity index (χ0) is 28.5. The van der Waals surface area contributed by atoms with E-state index in [9.17, 15) is 14.4 Å². The van der Waals surface area contributed by atoms with Crippen molar-refractivity contribution in [3.8, 4) is 5.75 Å². The number of nitrogens with zero attached hydrogens (tertiary/aromatic N) is 2. The molecule has 2 amide bonds. The molecule has 40 heavy (non-hydrogen) atoms. The Bertz CT molecular complexity index is 1320. The van der Waals surface area contributed by atoms with Crippen LogP contribution in [-0.2, 0) is 16.1 Å². The second-order valence-corrected chi connectivity index (χ2v) is 9.62. The van der Waals surface area contributed by atoms with Crippen LogP contribution in [0.3, 0.4) is 0 Å². The van der Waals surface area contributed by atoms with Gasteiger partial charge in [0.25, 0.3) is 0 Å². The highest BCUT2D eigenvalue weighted by molar-refractivity contribution is 5.96. The van der Waals surface area contributed by atoms with E-state index < -0.39 is 0 Å². The number of ether oxygens (including phenoxy) is 3. The number of hydrogen-bond donors (Lipinski definition) is 1. The highest BCUT2D eigenvalue weighted by Gasteiger charge is 2.25. The van der Waals surface area contributed by atoms with Gasteiger partial charge in [0, 0.05) is 44.0 Å². The molecule has 1 unspecified atom stereocenters. The van der Waals surface area contributed by atoms with Gasteiger partial charge in [0.15, 0.2) is 5.78 Å². The first-order valence-electron chi connectivity index (χ1n) is 13.2. The number of anilines is 1. The highest BCUT2D eigenvalue weighted by atomic mass is 16.5. The van der Waals surface area contributed by atoms with Crippen molar-refractivity contribution in [3.63, 3.8) is 0 Å². The van der Waals surface area contributed by atoms with Gasteiger partial charge in [0.1, 0.15) is 5.75 Å². The third kappa shape index (κ3) is 7.68. The number of carbonyl (C=O) groups is 3. The molecule has 1 saturated heterocycles. The van der Waals surface area contributed by atoms with Crippen LogP contribution in [0.15, 0.2) is 72.8 Å². The maximum atomic E-state index is 12.9. The van der Waals surface area contributed by atoms with Crippen LogP contribution in [0.5, 0.6) is 5.75 Å². The number of hydrogen-bond acceptors (Lipinski definition) is 7. The number of ketones is 1. The first-order valence-corrected chi connectivity index (χ1v) is 13.2. The molecule has 3 aromatic carbocycles. The van der Waals surface area contributed by atoms with Crippen LogP contribution in [0.25, 0.3) is 0 Å². The Kier molecular flexibility index (Phi) is 9.88. The first kappa shape index (κ1) is 28.8. The van der Waals surface area contributed by atoms with E-state index in [4.69, 9.17) is 14.2 Å². The summed E-state index contributed by atoms with van der Waals surface area (Å²) in [6.07, 6.45) is -0.231. The number of amides is 2. The van der Waals surface area contributed by atoms with Gasteiger partial charge in [-0.25, -0.2) is 9.59 Å². The summed E-state index contributed by atoms with van der Waals surface area (Å²) in [4.78, 5) is 40.3. The second kappa shape index (κ2) is 13.7. The second-order valence-electron chi connectivity index (χ2n) is 9.62. The molecule has 4 rings (SSSR count). The van der Waals surface area contributed by atoms with E-state index in [1.165, 1.54) is 14.0 Å². The van der Waals surface area contributed by atoms with Gasteiger partial charge in [-0.3, -0.25) is 9.69 Å². The fourth-order valence-corrected chi connectivity index (χ4v) is 4.53. The number of esters is 1. The molecule has 0 radical (unpaired) electrons. The van der Waals surface area contributed by atoms with Gasteiger partial charge < -0.3 is 24.4 Å². The lowest BCUT2D eigenvalue weighted by molar-refractivity contribution is 0.00582. The molecule has 210 valence electrons. The van der Waals surface area contributed by atoms with Crippen molar-refractivity contribution in [2.75, 3.05) is 52.3 Å². The summed E-state index contributed by atoms with van der Waals surface area (Å²) in [6.45, 7) is 5.03. The molecule has 0 aliphatic carbocycles. The molecule has 9 nitrogen and oxygen atoms in total. The van der Waals surface area contributed by atoms with Crippen LogP contribution in [-0.4, -0.2) is 74.5 Å². The molecular formula is C31H35N3O6. The predicted octanol–water partition coefficient (Wildman–Crippen LogP) is 4.79. The van der Waals surface area contributed by atoms with Gasteiger partial charge in [-0.2, -0.15) is 0 Å². The molecule has 1 atom stereocenters. The number of rotatable bonds is 10. The maximum Gasteiger partial charge on any atom is 0.337 e. The zero-order valence-corrected chi connectivity index (χ0v) is 23.1. The number of Topliss-reactive ketones (excluding diaryl/α,β-unsaturated/α-hetero) is 1. The minimum atomic E-state index is -0.376. The van der Waals surface area contributed by atoms with Crippen LogP contribution in [0.2, 0.25) is 0 Å². The number of benzene rings is 3.